The number of carbonyl (C=O) groups is 1. The summed E-state index contributed by atoms with van der Waals surface area (Å²) in [5.74, 6) is 0.389. The number of carbonyl (C=O) groups excluding carboxylic acids is 1. The molecule has 5 rings (SSSR count). The van der Waals surface area contributed by atoms with Crippen molar-refractivity contribution in [3.05, 3.63) is 72.5 Å². The van der Waals surface area contributed by atoms with Gasteiger partial charge in [0.05, 0.1) is 22.4 Å². The van der Waals surface area contributed by atoms with E-state index in [1.165, 1.54) is 17.4 Å². The molecule has 0 atom stereocenters. The van der Waals surface area contributed by atoms with Gasteiger partial charge in [-0.3, -0.25) is 4.79 Å². The van der Waals surface area contributed by atoms with E-state index in [4.69, 9.17) is 9.15 Å². The van der Waals surface area contributed by atoms with Crippen molar-refractivity contribution in [1.82, 2.24) is 4.98 Å². The third kappa shape index (κ3) is 3.60. The number of aromatic hydroxyl groups is 1. The fourth-order valence-electron chi connectivity index (χ4n) is 3.39. The Morgan fingerprint density at radius 1 is 1.13 bits per heavy atom. The normalized spacial score (nSPS) is 11.1. The van der Waals surface area contributed by atoms with Gasteiger partial charge in [-0.25, -0.2) is 4.98 Å². The second-order valence-corrected chi connectivity index (χ2v) is 7.92. The van der Waals surface area contributed by atoms with Crippen LogP contribution in [0.15, 0.2) is 71.1 Å². The van der Waals surface area contributed by atoms with Crippen molar-refractivity contribution >= 4 is 44.1 Å². The van der Waals surface area contributed by atoms with Crippen LogP contribution in [0.25, 0.3) is 31.8 Å². The first kappa shape index (κ1) is 19.1. The largest absolute Gasteiger partial charge is 0.507 e. The predicted octanol–water partition coefficient (Wildman–Crippen LogP) is 6.07. The van der Waals surface area contributed by atoms with Crippen LogP contribution in [0, 0.1) is 0 Å². The molecule has 0 saturated heterocycles. The molecular formula is C24H18N2O4S. The van der Waals surface area contributed by atoms with Gasteiger partial charge in [0.1, 0.15) is 10.8 Å². The Kier molecular flexibility index (Phi) is 4.80. The van der Waals surface area contributed by atoms with E-state index in [2.05, 4.69) is 10.3 Å². The highest BCUT2D eigenvalue weighted by Gasteiger charge is 2.17. The first-order valence-electron chi connectivity index (χ1n) is 9.78. The van der Waals surface area contributed by atoms with Gasteiger partial charge < -0.3 is 19.6 Å². The number of hydrogen-bond donors (Lipinski definition) is 2. The molecule has 2 N–H and O–H groups in total. The lowest BCUT2D eigenvalue weighted by Crippen LogP contribution is -2.10. The number of fused-ring (bicyclic) bond motifs is 2. The molecule has 3 aromatic carbocycles. The number of rotatable bonds is 5. The number of para-hydroxylation sites is 2. The lowest BCUT2D eigenvalue weighted by Gasteiger charge is -2.06. The van der Waals surface area contributed by atoms with Gasteiger partial charge in [0.2, 0.25) is 0 Å². The number of aromatic nitrogens is 1. The summed E-state index contributed by atoms with van der Waals surface area (Å²) in [6.07, 6.45) is 0. The van der Waals surface area contributed by atoms with Crippen LogP contribution >= 0.6 is 11.3 Å². The van der Waals surface area contributed by atoms with Crippen molar-refractivity contribution in [3.63, 3.8) is 0 Å². The van der Waals surface area contributed by atoms with Crippen LogP contribution in [-0.4, -0.2) is 22.6 Å². The number of phenols is 1. The van der Waals surface area contributed by atoms with Crippen molar-refractivity contribution in [3.8, 4) is 22.1 Å². The van der Waals surface area contributed by atoms with E-state index in [1.807, 2.05) is 43.3 Å². The Morgan fingerprint density at radius 2 is 2.00 bits per heavy atom. The van der Waals surface area contributed by atoms with Crippen LogP contribution in [0.5, 0.6) is 11.5 Å². The van der Waals surface area contributed by atoms with Crippen LogP contribution in [0.4, 0.5) is 5.69 Å². The van der Waals surface area contributed by atoms with E-state index >= 15 is 0 Å². The van der Waals surface area contributed by atoms with Gasteiger partial charge in [-0.2, -0.15) is 0 Å². The highest BCUT2D eigenvalue weighted by molar-refractivity contribution is 7.21. The van der Waals surface area contributed by atoms with Crippen molar-refractivity contribution in [2.45, 2.75) is 6.92 Å². The summed E-state index contributed by atoms with van der Waals surface area (Å²) in [6, 6.07) is 20.0. The Morgan fingerprint density at radius 3 is 2.81 bits per heavy atom. The Bertz CT molecular complexity index is 1390. The van der Waals surface area contributed by atoms with Crippen LogP contribution in [0.1, 0.15) is 17.5 Å². The predicted molar refractivity (Wildman–Crippen MR) is 122 cm³/mol. The lowest BCUT2D eigenvalue weighted by atomic mass is 10.2. The maximum absolute atomic E-state index is 12.7. The van der Waals surface area contributed by atoms with Gasteiger partial charge in [-0.05, 0) is 43.3 Å². The minimum atomic E-state index is -0.411. The van der Waals surface area contributed by atoms with E-state index in [-0.39, 0.29) is 11.5 Å². The number of ether oxygens (including phenoxy) is 1. The van der Waals surface area contributed by atoms with Crippen molar-refractivity contribution in [2.24, 2.45) is 0 Å². The molecule has 0 aliphatic heterocycles. The summed E-state index contributed by atoms with van der Waals surface area (Å²) in [6.45, 7) is 2.39. The number of nitrogens with one attached hydrogen (secondary N) is 1. The lowest BCUT2D eigenvalue weighted by molar-refractivity contribution is 0.0998. The molecule has 1 amide bonds. The molecule has 0 unspecified atom stereocenters. The second kappa shape index (κ2) is 7.77. The summed E-state index contributed by atoms with van der Waals surface area (Å²) >= 11 is 1.50. The molecule has 0 saturated carbocycles. The zero-order chi connectivity index (χ0) is 21.4. The highest BCUT2D eigenvalue weighted by atomic mass is 32.1. The summed E-state index contributed by atoms with van der Waals surface area (Å²) in [7, 11) is 0. The van der Waals surface area contributed by atoms with Crippen molar-refractivity contribution in [1.29, 1.82) is 0 Å². The van der Waals surface area contributed by atoms with Crippen molar-refractivity contribution < 1.29 is 19.1 Å². The van der Waals surface area contributed by atoms with Gasteiger partial charge >= 0.3 is 0 Å². The maximum Gasteiger partial charge on any atom is 0.291 e. The maximum atomic E-state index is 12.7. The second-order valence-electron chi connectivity index (χ2n) is 6.89. The van der Waals surface area contributed by atoms with Crippen LogP contribution in [0.3, 0.4) is 0 Å². The van der Waals surface area contributed by atoms with Gasteiger partial charge in [0.25, 0.3) is 5.91 Å². The van der Waals surface area contributed by atoms with Crippen molar-refractivity contribution in [2.75, 3.05) is 11.9 Å². The Balaban J connectivity index is 1.40. The molecule has 31 heavy (non-hydrogen) atoms. The van der Waals surface area contributed by atoms with E-state index in [9.17, 15) is 9.90 Å². The molecule has 6 nitrogen and oxygen atoms in total. The van der Waals surface area contributed by atoms with Gasteiger partial charge in [-0.15, -0.1) is 11.3 Å². The van der Waals surface area contributed by atoms with E-state index in [0.717, 1.165) is 20.6 Å². The van der Waals surface area contributed by atoms with E-state index in [0.29, 0.717) is 29.2 Å². The quantitative estimate of drug-likeness (QED) is 0.354. The number of amides is 1. The fraction of sp³-hybridized carbons (Fsp3) is 0.0833. The minimum absolute atomic E-state index is 0.0418. The molecule has 0 radical (unpaired) electrons. The molecule has 7 heteroatoms. The zero-order valence-corrected chi connectivity index (χ0v) is 17.4. The molecule has 0 spiro atoms. The fourth-order valence-corrected chi connectivity index (χ4v) is 4.39. The minimum Gasteiger partial charge on any atom is -0.507 e. The number of phenolic OH excluding ortho intramolecular Hbond substituents is 1. The van der Waals surface area contributed by atoms with Crippen LogP contribution < -0.4 is 10.1 Å². The third-order valence-corrected chi connectivity index (χ3v) is 5.88. The van der Waals surface area contributed by atoms with E-state index < -0.39 is 5.91 Å². The zero-order valence-electron chi connectivity index (χ0n) is 16.6. The molecule has 2 aromatic heterocycles. The number of thiazole rings is 1. The highest BCUT2D eigenvalue weighted by Crippen LogP contribution is 2.36. The summed E-state index contributed by atoms with van der Waals surface area (Å²) in [5.41, 5.74) is 2.49. The standard InChI is InChI=1S/C24H18N2O4S/c1-2-29-19-8-5-6-14-12-20(30-22(14)19)23(28)25-15-10-11-16(18(27)13-15)24-26-17-7-3-4-9-21(17)31-24/h3-13,27H,2H2,1H3,(H,25,28). The average Bonchev–Trinajstić information content (AvgIpc) is 3.39. The average molecular weight is 430 g/mol. The first-order valence-corrected chi connectivity index (χ1v) is 10.6. The number of benzene rings is 3. The van der Waals surface area contributed by atoms with E-state index in [1.54, 1.807) is 24.3 Å². The van der Waals surface area contributed by atoms with Gasteiger partial charge in [-0.1, -0.05) is 24.3 Å². The summed E-state index contributed by atoms with van der Waals surface area (Å²) in [4.78, 5) is 17.3. The molecule has 0 aliphatic rings. The monoisotopic (exact) mass is 430 g/mol. The molecule has 5 aromatic rings. The SMILES string of the molecule is CCOc1cccc2cc(C(=O)Nc3ccc(-c4nc5ccccc5s4)c(O)c3)oc12. The Hall–Kier alpha value is -3.84. The smallest absolute Gasteiger partial charge is 0.291 e. The van der Waals surface area contributed by atoms with Gasteiger partial charge in [0, 0.05) is 17.1 Å². The van der Waals surface area contributed by atoms with Crippen LogP contribution in [0.2, 0.25) is 0 Å². The molecule has 2 heterocycles. The van der Waals surface area contributed by atoms with Crippen LogP contribution in [-0.2, 0) is 0 Å². The molecule has 154 valence electrons. The summed E-state index contributed by atoms with van der Waals surface area (Å²) < 4.78 is 12.3. The molecular weight excluding hydrogens is 412 g/mol. The molecule has 0 fully saturated rings. The first-order chi connectivity index (χ1) is 15.1. The molecule has 0 bridgehead atoms. The number of nitrogens with zero attached hydrogens (tertiary/aromatic N) is 1. The van der Waals surface area contributed by atoms with Gasteiger partial charge in [0.15, 0.2) is 17.1 Å². The number of hydrogen-bond acceptors (Lipinski definition) is 6. The number of anilines is 1. The third-order valence-electron chi connectivity index (χ3n) is 4.81. The Labute approximate surface area is 181 Å². The topological polar surface area (TPSA) is 84.6 Å². The number of furan rings is 1. The summed E-state index contributed by atoms with van der Waals surface area (Å²) in [5, 5.41) is 14.8. The molecule has 0 aliphatic carbocycles.